The Balaban J connectivity index is 2.39. The molecule has 1 aliphatic heterocycles. The van der Waals surface area contributed by atoms with Gasteiger partial charge < -0.3 is 20.5 Å². The van der Waals surface area contributed by atoms with E-state index >= 15 is 0 Å². The maximum atomic E-state index is 12.0. The van der Waals surface area contributed by atoms with Crippen molar-refractivity contribution in [2.75, 3.05) is 19.7 Å². The zero-order valence-electron chi connectivity index (χ0n) is 11.2. The highest BCUT2D eigenvalue weighted by Gasteiger charge is 2.34. The van der Waals surface area contributed by atoms with Crippen molar-refractivity contribution in [3.63, 3.8) is 0 Å². The summed E-state index contributed by atoms with van der Waals surface area (Å²) in [5.74, 6) is -0.562. The van der Waals surface area contributed by atoms with Gasteiger partial charge in [0.2, 0.25) is 5.91 Å². The van der Waals surface area contributed by atoms with Crippen molar-refractivity contribution in [2.45, 2.75) is 46.0 Å². The number of carbonyl (C=O) groups is 1. The lowest BCUT2D eigenvalue weighted by Gasteiger charge is -2.25. The molecule has 0 spiro atoms. The average Bonchev–Trinajstić information content (AvgIpc) is 2.64. The van der Waals surface area contributed by atoms with Crippen LogP contribution in [0.3, 0.4) is 0 Å². The number of amides is 1. The molecule has 3 N–H and O–H groups in total. The van der Waals surface area contributed by atoms with Crippen molar-refractivity contribution in [1.29, 1.82) is 0 Å². The van der Waals surface area contributed by atoms with Crippen molar-refractivity contribution in [3.8, 4) is 0 Å². The van der Waals surface area contributed by atoms with Crippen molar-refractivity contribution in [1.82, 2.24) is 5.32 Å². The molecule has 2 atom stereocenters. The molecule has 1 amide bonds. The first-order chi connectivity index (χ1) is 7.83. The first kappa shape index (κ1) is 14.4. The largest absolute Gasteiger partial charge is 0.353 e. The molecule has 0 aromatic heterocycles. The molecule has 5 heteroatoms. The molecule has 100 valence electrons. The molecule has 17 heavy (non-hydrogen) atoms. The lowest BCUT2D eigenvalue weighted by Crippen LogP contribution is -2.46. The summed E-state index contributed by atoms with van der Waals surface area (Å²) in [4.78, 5) is 12.0. The predicted molar refractivity (Wildman–Crippen MR) is 65.4 cm³/mol. The topological polar surface area (TPSA) is 73.6 Å². The summed E-state index contributed by atoms with van der Waals surface area (Å²) in [6, 6.07) is 0. The number of rotatable bonds is 5. The molecule has 2 unspecified atom stereocenters. The summed E-state index contributed by atoms with van der Waals surface area (Å²) in [6.45, 7) is 8.90. The third-order valence-electron chi connectivity index (χ3n) is 3.34. The normalized spacial score (nSPS) is 26.5. The van der Waals surface area contributed by atoms with E-state index in [1.807, 2.05) is 27.7 Å². The Kier molecular flexibility index (Phi) is 4.52. The van der Waals surface area contributed by atoms with Crippen LogP contribution < -0.4 is 11.1 Å². The van der Waals surface area contributed by atoms with Crippen LogP contribution in [-0.4, -0.2) is 37.5 Å². The van der Waals surface area contributed by atoms with E-state index in [4.69, 9.17) is 15.2 Å². The molecule has 5 nitrogen and oxygen atoms in total. The molecule has 1 saturated heterocycles. The van der Waals surface area contributed by atoms with Gasteiger partial charge >= 0.3 is 0 Å². The number of nitrogens with two attached hydrogens (primary N) is 1. The zero-order valence-corrected chi connectivity index (χ0v) is 11.2. The van der Waals surface area contributed by atoms with Gasteiger partial charge in [0.25, 0.3) is 0 Å². The molecule has 0 radical (unpaired) electrons. The van der Waals surface area contributed by atoms with E-state index in [9.17, 15) is 4.79 Å². The molecule has 0 aromatic rings. The minimum atomic E-state index is -0.544. The van der Waals surface area contributed by atoms with Gasteiger partial charge in [-0.1, -0.05) is 6.92 Å². The Labute approximate surface area is 103 Å². The second kappa shape index (κ2) is 5.33. The minimum absolute atomic E-state index is 0.0178. The smallest absolute Gasteiger partial charge is 0.227 e. The SMILES string of the molecule is CCC(C)(CN)C(=O)NCC1COC(C)(C)O1. The number of ether oxygens (including phenoxy) is 2. The Morgan fingerprint density at radius 2 is 2.24 bits per heavy atom. The zero-order chi connectivity index (χ0) is 13.1. The van der Waals surface area contributed by atoms with Gasteiger partial charge in [0.05, 0.1) is 12.0 Å². The third-order valence-corrected chi connectivity index (χ3v) is 3.34. The fourth-order valence-electron chi connectivity index (χ4n) is 1.68. The lowest BCUT2D eigenvalue weighted by atomic mass is 9.86. The summed E-state index contributed by atoms with van der Waals surface area (Å²) >= 11 is 0. The van der Waals surface area contributed by atoms with Crippen LogP contribution in [0.15, 0.2) is 0 Å². The number of hydrogen-bond donors (Lipinski definition) is 2. The van der Waals surface area contributed by atoms with E-state index in [1.165, 1.54) is 0 Å². The molecule has 1 aliphatic rings. The molecular weight excluding hydrogens is 220 g/mol. The van der Waals surface area contributed by atoms with E-state index in [0.29, 0.717) is 19.7 Å². The van der Waals surface area contributed by atoms with Crippen LogP contribution in [0.4, 0.5) is 0 Å². The number of carbonyl (C=O) groups excluding carboxylic acids is 1. The fraction of sp³-hybridized carbons (Fsp3) is 0.917. The number of nitrogens with one attached hydrogen (secondary N) is 1. The molecular formula is C12H24N2O3. The van der Waals surface area contributed by atoms with E-state index in [-0.39, 0.29) is 12.0 Å². The quantitative estimate of drug-likeness (QED) is 0.744. The van der Waals surface area contributed by atoms with Gasteiger partial charge in [-0.3, -0.25) is 4.79 Å². The molecule has 0 bridgehead atoms. The van der Waals surface area contributed by atoms with Crippen LogP contribution in [-0.2, 0) is 14.3 Å². The molecule has 1 heterocycles. The molecule has 1 rings (SSSR count). The highest BCUT2D eigenvalue weighted by molar-refractivity contribution is 5.82. The first-order valence-electron chi connectivity index (χ1n) is 6.13. The standard InChI is InChI=1S/C12H24N2O3/c1-5-12(4,8-13)10(15)14-6-9-7-16-11(2,3)17-9/h9H,5-8,13H2,1-4H3,(H,14,15). The van der Waals surface area contributed by atoms with Gasteiger partial charge in [0.15, 0.2) is 5.79 Å². The summed E-state index contributed by atoms with van der Waals surface area (Å²) in [5, 5.41) is 2.88. The maximum Gasteiger partial charge on any atom is 0.227 e. The Morgan fingerprint density at radius 3 is 2.65 bits per heavy atom. The molecule has 0 saturated carbocycles. The van der Waals surface area contributed by atoms with Gasteiger partial charge in [-0.2, -0.15) is 0 Å². The monoisotopic (exact) mass is 244 g/mol. The molecule has 0 aromatic carbocycles. The van der Waals surface area contributed by atoms with Gasteiger partial charge in [-0.25, -0.2) is 0 Å². The Hall–Kier alpha value is -0.650. The Bertz CT molecular complexity index is 275. The minimum Gasteiger partial charge on any atom is -0.353 e. The van der Waals surface area contributed by atoms with Crippen molar-refractivity contribution >= 4 is 5.91 Å². The summed E-state index contributed by atoms with van der Waals surface area (Å²) in [7, 11) is 0. The van der Waals surface area contributed by atoms with E-state index in [1.54, 1.807) is 0 Å². The van der Waals surface area contributed by atoms with Crippen LogP contribution in [0.1, 0.15) is 34.1 Å². The highest BCUT2D eigenvalue weighted by Crippen LogP contribution is 2.23. The van der Waals surface area contributed by atoms with Crippen LogP contribution in [0.5, 0.6) is 0 Å². The molecule has 0 aliphatic carbocycles. The molecule has 1 fully saturated rings. The number of hydrogen-bond acceptors (Lipinski definition) is 4. The predicted octanol–water partition coefficient (Wildman–Crippen LogP) is 0.629. The Morgan fingerprint density at radius 1 is 1.59 bits per heavy atom. The van der Waals surface area contributed by atoms with Crippen LogP contribution in [0.25, 0.3) is 0 Å². The van der Waals surface area contributed by atoms with Crippen molar-refractivity contribution in [2.24, 2.45) is 11.1 Å². The average molecular weight is 244 g/mol. The van der Waals surface area contributed by atoms with Gasteiger partial charge in [0.1, 0.15) is 6.10 Å². The van der Waals surface area contributed by atoms with E-state index < -0.39 is 11.2 Å². The third kappa shape index (κ3) is 3.66. The summed E-state index contributed by atoms with van der Waals surface area (Å²) in [6.07, 6.45) is 0.649. The van der Waals surface area contributed by atoms with Gasteiger partial charge in [-0.05, 0) is 27.2 Å². The van der Waals surface area contributed by atoms with Gasteiger partial charge in [0, 0.05) is 13.1 Å². The van der Waals surface area contributed by atoms with Crippen LogP contribution in [0, 0.1) is 5.41 Å². The summed E-state index contributed by atoms with van der Waals surface area (Å²) in [5.41, 5.74) is 5.14. The lowest BCUT2D eigenvalue weighted by molar-refractivity contribution is -0.141. The second-order valence-corrected chi connectivity index (χ2v) is 5.28. The van der Waals surface area contributed by atoms with Gasteiger partial charge in [-0.15, -0.1) is 0 Å². The maximum absolute atomic E-state index is 12.0. The van der Waals surface area contributed by atoms with Crippen molar-refractivity contribution in [3.05, 3.63) is 0 Å². The van der Waals surface area contributed by atoms with Crippen molar-refractivity contribution < 1.29 is 14.3 Å². The van der Waals surface area contributed by atoms with E-state index in [2.05, 4.69) is 5.32 Å². The highest BCUT2D eigenvalue weighted by atomic mass is 16.7. The first-order valence-corrected chi connectivity index (χ1v) is 6.13. The summed E-state index contributed by atoms with van der Waals surface area (Å²) < 4.78 is 11.0. The van der Waals surface area contributed by atoms with Crippen LogP contribution in [0.2, 0.25) is 0 Å². The van der Waals surface area contributed by atoms with E-state index in [0.717, 1.165) is 6.42 Å². The second-order valence-electron chi connectivity index (χ2n) is 5.28. The fourth-order valence-corrected chi connectivity index (χ4v) is 1.68. The van der Waals surface area contributed by atoms with Crippen LogP contribution >= 0.6 is 0 Å².